The maximum Gasteiger partial charge on any atom is 0.331 e. The maximum absolute atomic E-state index is 12.6. The number of ether oxygens (including phenoxy) is 2. The number of esters is 1. The van der Waals surface area contributed by atoms with Crippen molar-refractivity contribution >= 4 is 38.4 Å². The van der Waals surface area contributed by atoms with Crippen molar-refractivity contribution in [1.82, 2.24) is 13.7 Å². The van der Waals surface area contributed by atoms with E-state index in [1.165, 1.54) is 50.4 Å². The number of benzene rings is 1. The van der Waals surface area contributed by atoms with E-state index < -0.39 is 16.0 Å². The minimum absolute atomic E-state index is 0.121. The topological polar surface area (TPSA) is 107 Å². The fourth-order valence-corrected chi connectivity index (χ4v) is 5.15. The first kappa shape index (κ1) is 21.4. The van der Waals surface area contributed by atoms with Gasteiger partial charge in [-0.2, -0.15) is 4.31 Å². The number of aromatic nitrogens is 2. The van der Waals surface area contributed by atoms with Crippen LogP contribution in [0.15, 0.2) is 57.7 Å². The summed E-state index contributed by atoms with van der Waals surface area (Å²) in [6.07, 6.45) is 4.39. The number of hydrogen-bond donors (Lipinski definition) is 0. The zero-order valence-corrected chi connectivity index (χ0v) is 18.0. The summed E-state index contributed by atoms with van der Waals surface area (Å²) in [6.45, 7) is 1.30. The summed E-state index contributed by atoms with van der Waals surface area (Å²) in [5.41, 5.74) is 0.779. The molecule has 1 aliphatic heterocycles. The van der Waals surface area contributed by atoms with Gasteiger partial charge in [0.15, 0.2) is 4.96 Å². The van der Waals surface area contributed by atoms with Gasteiger partial charge in [0, 0.05) is 36.8 Å². The third-order valence-corrected chi connectivity index (χ3v) is 7.29. The summed E-state index contributed by atoms with van der Waals surface area (Å²) in [6, 6.07) is 7.56. The van der Waals surface area contributed by atoms with Gasteiger partial charge in [0.05, 0.1) is 23.8 Å². The minimum atomic E-state index is -3.56. The normalized spacial score (nSPS) is 15.5. The summed E-state index contributed by atoms with van der Waals surface area (Å²) < 4.78 is 38.4. The van der Waals surface area contributed by atoms with Crippen LogP contribution in [0.3, 0.4) is 0 Å². The van der Waals surface area contributed by atoms with Crippen molar-refractivity contribution in [3.63, 3.8) is 0 Å². The predicted molar refractivity (Wildman–Crippen MR) is 114 cm³/mol. The van der Waals surface area contributed by atoms with Crippen LogP contribution in [-0.4, -0.2) is 54.4 Å². The summed E-state index contributed by atoms with van der Waals surface area (Å²) in [5.74, 6) is -0.599. The molecule has 0 N–H and O–H groups in total. The van der Waals surface area contributed by atoms with Crippen LogP contribution in [0.1, 0.15) is 11.3 Å². The van der Waals surface area contributed by atoms with E-state index in [1.54, 1.807) is 23.7 Å². The molecule has 0 saturated carbocycles. The van der Waals surface area contributed by atoms with Crippen molar-refractivity contribution in [2.24, 2.45) is 0 Å². The molecule has 2 aromatic heterocycles. The average molecular weight is 462 g/mol. The van der Waals surface area contributed by atoms with Gasteiger partial charge in [-0.05, 0) is 23.8 Å². The molecule has 3 aromatic rings. The molecular formula is C20H19N3O6S2. The van der Waals surface area contributed by atoms with E-state index in [1.807, 2.05) is 0 Å². The molecular weight excluding hydrogens is 442 g/mol. The zero-order valence-electron chi connectivity index (χ0n) is 16.3. The number of nitrogens with zero attached hydrogens (tertiary/aromatic N) is 3. The molecule has 0 spiro atoms. The first-order valence-electron chi connectivity index (χ1n) is 9.42. The second kappa shape index (κ2) is 9.10. The van der Waals surface area contributed by atoms with Crippen molar-refractivity contribution in [2.75, 3.05) is 26.3 Å². The van der Waals surface area contributed by atoms with Crippen molar-refractivity contribution in [3.8, 4) is 0 Å². The molecule has 1 fully saturated rings. The lowest BCUT2D eigenvalue weighted by molar-refractivity contribution is -0.139. The largest absolute Gasteiger partial charge is 0.456 e. The van der Waals surface area contributed by atoms with Gasteiger partial charge >= 0.3 is 5.97 Å². The van der Waals surface area contributed by atoms with Crippen LogP contribution in [0.2, 0.25) is 0 Å². The molecule has 11 heteroatoms. The highest BCUT2D eigenvalue weighted by atomic mass is 32.2. The van der Waals surface area contributed by atoms with Crippen molar-refractivity contribution in [1.29, 1.82) is 0 Å². The molecule has 0 amide bonds. The van der Waals surface area contributed by atoms with E-state index >= 15 is 0 Å². The average Bonchev–Trinajstić information content (AvgIpc) is 3.26. The second-order valence-electron chi connectivity index (χ2n) is 6.67. The van der Waals surface area contributed by atoms with Crippen LogP contribution in [0.4, 0.5) is 0 Å². The molecule has 1 saturated heterocycles. The minimum Gasteiger partial charge on any atom is -0.456 e. The Bertz CT molecular complexity index is 1270. The monoisotopic (exact) mass is 461 g/mol. The van der Waals surface area contributed by atoms with Crippen LogP contribution in [0.5, 0.6) is 0 Å². The number of hydrogen-bond acceptors (Lipinski definition) is 8. The van der Waals surface area contributed by atoms with Crippen molar-refractivity contribution in [2.45, 2.75) is 11.5 Å². The number of rotatable bonds is 6. The van der Waals surface area contributed by atoms with Crippen LogP contribution >= 0.6 is 11.3 Å². The van der Waals surface area contributed by atoms with E-state index in [9.17, 15) is 18.0 Å². The Kier molecular flexibility index (Phi) is 6.28. The molecule has 162 valence electrons. The Morgan fingerprint density at radius 2 is 1.97 bits per heavy atom. The zero-order chi connectivity index (χ0) is 21.8. The highest BCUT2D eigenvalue weighted by Crippen LogP contribution is 2.18. The van der Waals surface area contributed by atoms with Gasteiger partial charge < -0.3 is 9.47 Å². The number of carbonyl (C=O) groups is 1. The first-order valence-corrected chi connectivity index (χ1v) is 11.7. The van der Waals surface area contributed by atoms with E-state index in [0.717, 1.165) is 0 Å². The lowest BCUT2D eigenvalue weighted by Crippen LogP contribution is -2.40. The van der Waals surface area contributed by atoms with Gasteiger partial charge in [0.2, 0.25) is 10.0 Å². The fraction of sp³-hybridized carbons (Fsp3) is 0.250. The van der Waals surface area contributed by atoms with Crippen LogP contribution < -0.4 is 5.56 Å². The summed E-state index contributed by atoms with van der Waals surface area (Å²) in [4.78, 5) is 28.9. The number of thiazole rings is 1. The number of sulfonamides is 1. The predicted octanol–water partition coefficient (Wildman–Crippen LogP) is 1.53. The highest BCUT2D eigenvalue weighted by Gasteiger charge is 2.25. The lowest BCUT2D eigenvalue weighted by Gasteiger charge is -2.26. The smallest absolute Gasteiger partial charge is 0.331 e. The van der Waals surface area contributed by atoms with Gasteiger partial charge in [-0.25, -0.2) is 18.2 Å². The molecule has 3 heterocycles. The molecule has 9 nitrogen and oxygen atoms in total. The van der Waals surface area contributed by atoms with Crippen molar-refractivity contribution in [3.05, 3.63) is 69.6 Å². The van der Waals surface area contributed by atoms with Gasteiger partial charge in [-0.1, -0.05) is 12.1 Å². The molecule has 1 aromatic carbocycles. The molecule has 0 atom stereocenters. The highest BCUT2D eigenvalue weighted by molar-refractivity contribution is 7.89. The Morgan fingerprint density at radius 1 is 1.23 bits per heavy atom. The van der Waals surface area contributed by atoms with E-state index in [4.69, 9.17) is 9.47 Å². The summed E-state index contributed by atoms with van der Waals surface area (Å²) >= 11 is 1.31. The number of morpholine rings is 1. The van der Waals surface area contributed by atoms with E-state index in [2.05, 4.69) is 4.98 Å². The SMILES string of the molecule is O=C(C=Cc1ccc(S(=O)(=O)N2CCOCC2)cc1)OCc1cc(=O)n2ccsc2n1. The van der Waals surface area contributed by atoms with Gasteiger partial charge in [0.25, 0.3) is 5.56 Å². The van der Waals surface area contributed by atoms with Gasteiger partial charge in [0.1, 0.15) is 6.61 Å². The summed E-state index contributed by atoms with van der Waals surface area (Å²) in [7, 11) is -3.56. The van der Waals surface area contributed by atoms with Crippen LogP contribution in [-0.2, 0) is 30.9 Å². The van der Waals surface area contributed by atoms with Gasteiger partial charge in [-0.15, -0.1) is 11.3 Å². The Morgan fingerprint density at radius 3 is 2.71 bits per heavy atom. The number of carbonyl (C=O) groups excluding carboxylic acids is 1. The third kappa shape index (κ3) is 4.90. The Hall–Kier alpha value is -2.86. The second-order valence-corrected chi connectivity index (χ2v) is 9.48. The van der Waals surface area contributed by atoms with Crippen LogP contribution in [0, 0.1) is 0 Å². The Balaban J connectivity index is 1.36. The standard InChI is InChI=1S/C20H19N3O6S2/c24-18-13-16(21-20-23(18)9-12-30-20)14-29-19(25)6-3-15-1-4-17(5-2-15)31(26,27)22-7-10-28-11-8-22/h1-6,9,12-13H,7-8,10-11,14H2. The van der Waals surface area contributed by atoms with Crippen molar-refractivity contribution < 1.29 is 22.7 Å². The fourth-order valence-electron chi connectivity index (χ4n) is 3.01. The molecule has 0 aliphatic carbocycles. The van der Waals surface area contributed by atoms with Crippen LogP contribution in [0.25, 0.3) is 11.0 Å². The third-order valence-electron chi connectivity index (χ3n) is 4.62. The Labute approximate surface area is 182 Å². The van der Waals surface area contributed by atoms with Gasteiger partial charge in [-0.3, -0.25) is 9.20 Å². The molecule has 0 unspecified atom stereocenters. The first-order chi connectivity index (χ1) is 14.9. The lowest BCUT2D eigenvalue weighted by atomic mass is 10.2. The molecule has 31 heavy (non-hydrogen) atoms. The molecule has 0 bridgehead atoms. The quantitative estimate of drug-likeness (QED) is 0.405. The molecule has 0 radical (unpaired) electrons. The maximum atomic E-state index is 12.6. The summed E-state index contributed by atoms with van der Waals surface area (Å²) in [5, 5.41) is 1.75. The number of fused-ring (bicyclic) bond motifs is 1. The van der Waals surface area contributed by atoms with E-state index in [0.29, 0.717) is 42.5 Å². The van der Waals surface area contributed by atoms with E-state index in [-0.39, 0.29) is 17.1 Å². The molecule has 1 aliphatic rings. The molecule has 4 rings (SSSR count).